The SMILES string of the molecule is Cc1c(NC(=O)c2ccc(I)cc2)cccc1-c1nc2cccnc2s1. The van der Waals surface area contributed by atoms with Crippen LogP contribution in [0.5, 0.6) is 0 Å². The van der Waals surface area contributed by atoms with E-state index >= 15 is 0 Å². The van der Waals surface area contributed by atoms with Gasteiger partial charge in [-0.2, -0.15) is 0 Å². The third kappa shape index (κ3) is 3.34. The molecule has 0 spiro atoms. The molecule has 2 heterocycles. The van der Waals surface area contributed by atoms with Crippen molar-refractivity contribution in [2.24, 2.45) is 0 Å². The van der Waals surface area contributed by atoms with E-state index < -0.39 is 0 Å². The molecule has 1 N–H and O–H groups in total. The zero-order valence-electron chi connectivity index (χ0n) is 13.9. The Balaban J connectivity index is 1.67. The van der Waals surface area contributed by atoms with Crippen molar-refractivity contribution in [1.82, 2.24) is 9.97 Å². The van der Waals surface area contributed by atoms with Crippen molar-refractivity contribution in [1.29, 1.82) is 0 Å². The average molecular weight is 471 g/mol. The van der Waals surface area contributed by atoms with Crippen molar-refractivity contribution in [3.05, 3.63) is 75.5 Å². The minimum Gasteiger partial charge on any atom is -0.322 e. The van der Waals surface area contributed by atoms with E-state index in [9.17, 15) is 4.79 Å². The van der Waals surface area contributed by atoms with Crippen molar-refractivity contribution in [2.75, 3.05) is 5.32 Å². The Bertz CT molecular complexity index is 1070. The number of carbonyl (C=O) groups excluding carboxylic acids is 1. The van der Waals surface area contributed by atoms with Crippen LogP contribution in [0.3, 0.4) is 0 Å². The van der Waals surface area contributed by atoms with Crippen LogP contribution in [0.4, 0.5) is 5.69 Å². The first-order valence-corrected chi connectivity index (χ1v) is 9.90. The van der Waals surface area contributed by atoms with Gasteiger partial charge in [0.25, 0.3) is 5.91 Å². The maximum atomic E-state index is 12.5. The predicted octanol–water partition coefficient (Wildman–Crippen LogP) is 5.52. The summed E-state index contributed by atoms with van der Waals surface area (Å²) in [4.78, 5) is 22.5. The van der Waals surface area contributed by atoms with Gasteiger partial charge < -0.3 is 5.32 Å². The molecule has 0 saturated carbocycles. The van der Waals surface area contributed by atoms with Gasteiger partial charge in [-0.15, -0.1) is 0 Å². The lowest BCUT2D eigenvalue weighted by molar-refractivity contribution is 0.102. The van der Waals surface area contributed by atoms with Crippen molar-refractivity contribution in [3.63, 3.8) is 0 Å². The number of thiazole rings is 1. The second-order valence-electron chi connectivity index (χ2n) is 5.79. The number of hydrogen-bond acceptors (Lipinski definition) is 4. The topological polar surface area (TPSA) is 54.9 Å². The highest BCUT2D eigenvalue weighted by Gasteiger charge is 2.13. The normalized spacial score (nSPS) is 10.8. The van der Waals surface area contributed by atoms with Gasteiger partial charge in [0, 0.05) is 26.6 Å². The standard InChI is InChI=1S/C20H14IN3OS/c1-12-15(19-24-17-6-3-11-22-20(17)26-19)4-2-5-16(12)23-18(25)13-7-9-14(21)10-8-13/h2-11H,1H3,(H,23,25). The lowest BCUT2D eigenvalue weighted by atomic mass is 10.1. The number of amides is 1. The Kier molecular flexibility index (Phi) is 4.69. The lowest BCUT2D eigenvalue weighted by Crippen LogP contribution is -2.12. The zero-order chi connectivity index (χ0) is 18.1. The molecule has 1 amide bonds. The second-order valence-corrected chi connectivity index (χ2v) is 8.01. The Morgan fingerprint density at radius 3 is 2.65 bits per heavy atom. The molecule has 0 fully saturated rings. The van der Waals surface area contributed by atoms with E-state index in [4.69, 9.17) is 0 Å². The number of nitrogens with one attached hydrogen (secondary N) is 1. The van der Waals surface area contributed by atoms with Crippen LogP contribution >= 0.6 is 33.9 Å². The molecule has 4 aromatic rings. The van der Waals surface area contributed by atoms with Gasteiger partial charge >= 0.3 is 0 Å². The van der Waals surface area contributed by atoms with Crippen molar-refractivity contribution in [2.45, 2.75) is 6.92 Å². The minimum absolute atomic E-state index is 0.118. The molecule has 6 heteroatoms. The molecular weight excluding hydrogens is 457 g/mol. The number of benzene rings is 2. The quantitative estimate of drug-likeness (QED) is 0.400. The smallest absolute Gasteiger partial charge is 0.255 e. The summed E-state index contributed by atoms with van der Waals surface area (Å²) in [5.74, 6) is -0.118. The molecule has 0 unspecified atom stereocenters. The van der Waals surface area contributed by atoms with Crippen molar-refractivity contribution < 1.29 is 4.79 Å². The fourth-order valence-electron chi connectivity index (χ4n) is 2.68. The number of pyridine rings is 1. The van der Waals surface area contributed by atoms with E-state index in [1.54, 1.807) is 17.5 Å². The molecule has 26 heavy (non-hydrogen) atoms. The largest absolute Gasteiger partial charge is 0.322 e. The zero-order valence-corrected chi connectivity index (χ0v) is 16.8. The van der Waals surface area contributed by atoms with Gasteiger partial charge in [-0.3, -0.25) is 4.79 Å². The van der Waals surface area contributed by atoms with Gasteiger partial charge in [0.2, 0.25) is 0 Å². The van der Waals surface area contributed by atoms with Gasteiger partial charge in [0.15, 0.2) is 0 Å². The molecule has 0 atom stereocenters. The number of fused-ring (bicyclic) bond motifs is 1. The summed E-state index contributed by atoms with van der Waals surface area (Å²) in [6, 6.07) is 17.2. The molecule has 4 rings (SSSR count). The molecule has 2 aromatic carbocycles. The van der Waals surface area contributed by atoms with Crippen LogP contribution in [0.1, 0.15) is 15.9 Å². The number of anilines is 1. The van der Waals surface area contributed by atoms with Crippen LogP contribution in [0, 0.1) is 10.5 Å². The fraction of sp³-hybridized carbons (Fsp3) is 0.0500. The van der Waals surface area contributed by atoms with Gasteiger partial charge in [0.05, 0.1) is 0 Å². The van der Waals surface area contributed by atoms with Crippen molar-refractivity contribution >= 4 is 55.9 Å². The highest BCUT2D eigenvalue weighted by atomic mass is 127. The molecule has 0 saturated heterocycles. The first kappa shape index (κ1) is 17.1. The molecule has 128 valence electrons. The number of hydrogen-bond donors (Lipinski definition) is 1. The number of nitrogens with zero attached hydrogens (tertiary/aromatic N) is 2. The first-order valence-electron chi connectivity index (χ1n) is 8.00. The molecule has 0 bridgehead atoms. The summed E-state index contributed by atoms with van der Waals surface area (Å²) < 4.78 is 1.10. The minimum atomic E-state index is -0.118. The summed E-state index contributed by atoms with van der Waals surface area (Å²) in [5, 5.41) is 3.91. The van der Waals surface area contributed by atoms with Gasteiger partial charge in [0.1, 0.15) is 15.4 Å². The fourth-order valence-corrected chi connectivity index (χ4v) is 4.03. The summed E-state index contributed by atoms with van der Waals surface area (Å²) in [5.41, 5.74) is 4.32. The molecule has 0 aliphatic carbocycles. The van der Waals surface area contributed by atoms with Gasteiger partial charge in [-0.1, -0.05) is 23.5 Å². The highest BCUT2D eigenvalue weighted by Crippen LogP contribution is 2.33. The number of aromatic nitrogens is 2. The maximum Gasteiger partial charge on any atom is 0.255 e. The number of rotatable bonds is 3. The average Bonchev–Trinajstić information content (AvgIpc) is 3.08. The van der Waals surface area contributed by atoms with Crippen LogP contribution in [0.15, 0.2) is 60.8 Å². The summed E-state index contributed by atoms with van der Waals surface area (Å²) in [6.07, 6.45) is 1.77. The molecule has 4 nitrogen and oxygen atoms in total. The van der Waals surface area contributed by atoms with Gasteiger partial charge in [-0.05, 0) is 77.5 Å². The molecule has 0 radical (unpaired) electrons. The first-order chi connectivity index (χ1) is 12.6. The summed E-state index contributed by atoms with van der Waals surface area (Å²) >= 11 is 3.78. The monoisotopic (exact) mass is 471 g/mol. The maximum absolute atomic E-state index is 12.5. The second kappa shape index (κ2) is 7.13. The Morgan fingerprint density at radius 2 is 1.88 bits per heavy atom. The van der Waals surface area contributed by atoms with E-state index in [0.29, 0.717) is 5.56 Å². The number of carbonyl (C=O) groups is 1. The van der Waals surface area contributed by atoms with E-state index in [1.807, 2.05) is 61.5 Å². The summed E-state index contributed by atoms with van der Waals surface area (Å²) in [6.45, 7) is 2.00. The van der Waals surface area contributed by atoms with Crippen LogP contribution < -0.4 is 5.32 Å². The molecule has 2 aromatic heterocycles. The molecular formula is C20H14IN3OS. The van der Waals surface area contributed by atoms with Crippen LogP contribution in [0.2, 0.25) is 0 Å². The van der Waals surface area contributed by atoms with E-state index in [1.165, 1.54) is 0 Å². The lowest BCUT2D eigenvalue weighted by Gasteiger charge is -2.11. The Hall–Kier alpha value is -2.32. The summed E-state index contributed by atoms with van der Waals surface area (Å²) in [7, 11) is 0. The third-order valence-electron chi connectivity index (χ3n) is 4.09. The highest BCUT2D eigenvalue weighted by molar-refractivity contribution is 14.1. The van der Waals surface area contributed by atoms with E-state index in [0.717, 1.165) is 35.7 Å². The Labute approximate surface area is 168 Å². The van der Waals surface area contributed by atoms with Crippen LogP contribution in [-0.2, 0) is 0 Å². The Morgan fingerprint density at radius 1 is 1.08 bits per heavy atom. The van der Waals surface area contributed by atoms with Gasteiger partial charge in [-0.25, -0.2) is 9.97 Å². The van der Waals surface area contributed by atoms with E-state index in [-0.39, 0.29) is 5.91 Å². The third-order valence-corrected chi connectivity index (χ3v) is 5.82. The predicted molar refractivity (Wildman–Crippen MR) is 115 cm³/mol. The van der Waals surface area contributed by atoms with Crippen LogP contribution in [-0.4, -0.2) is 15.9 Å². The van der Waals surface area contributed by atoms with Crippen molar-refractivity contribution in [3.8, 4) is 10.6 Å². The molecule has 0 aliphatic rings. The van der Waals surface area contributed by atoms with E-state index in [2.05, 4.69) is 37.9 Å². The van der Waals surface area contributed by atoms with Crippen LogP contribution in [0.25, 0.3) is 20.9 Å². The number of halogens is 1. The molecule has 0 aliphatic heterocycles.